The van der Waals surface area contributed by atoms with Crippen LogP contribution < -0.4 is 5.32 Å². The number of allylic oxidation sites excluding steroid dienone is 1. The lowest BCUT2D eigenvalue weighted by Crippen LogP contribution is -2.35. The fourth-order valence-electron chi connectivity index (χ4n) is 2.04. The molecule has 0 heterocycles. The van der Waals surface area contributed by atoms with Crippen LogP contribution in [0.15, 0.2) is 24.3 Å². The predicted molar refractivity (Wildman–Crippen MR) is 70.4 cm³/mol. The van der Waals surface area contributed by atoms with Gasteiger partial charge in [-0.25, -0.2) is 4.39 Å². The van der Waals surface area contributed by atoms with Gasteiger partial charge in [0.2, 0.25) is 0 Å². The molecule has 0 spiro atoms. The van der Waals surface area contributed by atoms with Crippen molar-refractivity contribution in [3.8, 4) is 0 Å². The van der Waals surface area contributed by atoms with Crippen LogP contribution in [0.25, 0.3) is 0 Å². The van der Waals surface area contributed by atoms with E-state index in [0.29, 0.717) is 5.56 Å². The Morgan fingerprint density at radius 3 is 2.94 bits per heavy atom. The van der Waals surface area contributed by atoms with Gasteiger partial charge in [0.15, 0.2) is 0 Å². The molecule has 18 heavy (non-hydrogen) atoms. The first-order chi connectivity index (χ1) is 8.59. The fraction of sp³-hybridized carbons (Fsp3) is 0.357. The van der Waals surface area contributed by atoms with E-state index in [2.05, 4.69) is 5.32 Å². The highest BCUT2D eigenvalue weighted by atomic mass is 35.5. The van der Waals surface area contributed by atoms with Crippen molar-refractivity contribution in [2.24, 2.45) is 0 Å². The number of carbonyl (C=O) groups is 1. The second-order valence-electron chi connectivity index (χ2n) is 4.49. The van der Waals surface area contributed by atoms with Crippen LogP contribution in [0.5, 0.6) is 0 Å². The summed E-state index contributed by atoms with van der Waals surface area (Å²) in [5.41, 5.74) is 0.637. The molecule has 0 radical (unpaired) electrons. The highest BCUT2D eigenvalue weighted by Gasteiger charge is 2.20. The van der Waals surface area contributed by atoms with Crippen molar-refractivity contribution in [3.05, 3.63) is 46.3 Å². The molecule has 2 rings (SSSR count). The molecule has 0 aromatic heterocycles. The number of carbonyl (C=O) groups excluding carboxylic acids is 1. The van der Waals surface area contributed by atoms with Gasteiger partial charge in [-0.15, -0.1) is 0 Å². The number of rotatable bonds is 2. The number of hydrogen-bond acceptors (Lipinski definition) is 1. The van der Waals surface area contributed by atoms with Gasteiger partial charge in [-0.3, -0.25) is 4.79 Å². The number of nitrogens with one attached hydrogen (secondary N) is 1. The van der Waals surface area contributed by atoms with Crippen LogP contribution in [-0.2, 0) is 0 Å². The third-order valence-electron chi connectivity index (χ3n) is 3.08. The van der Waals surface area contributed by atoms with E-state index in [1.165, 1.54) is 6.07 Å². The Morgan fingerprint density at radius 1 is 1.50 bits per heavy atom. The van der Waals surface area contributed by atoms with Crippen molar-refractivity contribution in [1.82, 2.24) is 5.32 Å². The van der Waals surface area contributed by atoms with Crippen LogP contribution in [0.4, 0.5) is 4.39 Å². The summed E-state index contributed by atoms with van der Waals surface area (Å²) < 4.78 is 13.7. The molecule has 0 saturated carbocycles. The van der Waals surface area contributed by atoms with Crippen LogP contribution >= 0.6 is 11.6 Å². The van der Waals surface area contributed by atoms with Gasteiger partial charge in [-0.2, -0.15) is 0 Å². The number of halogens is 2. The van der Waals surface area contributed by atoms with Gasteiger partial charge in [0.05, 0.1) is 10.6 Å². The molecule has 1 unspecified atom stereocenters. The minimum Gasteiger partial charge on any atom is -0.346 e. The van der Waals surface area contributed by atoms with E-state index in [4.69, 9.17) is 11.6 Å². The summed E-state index contributed by atoms with van der Waals surface area (Å²) >= 11 is 5.99. The van der Waals surface area contributed by atoms with Crippen molar-refractivity contribution in [2.45, 2.75) is 32.2 Å². The summed E-state index contributed by atoms with van der Waals surface area (Å²) in [4.78, 5) is 12.0. The topological polar surface area (TPSA) is 29.1 Å². The summed E-state index contributed by atoms with van der Waals surface area (Å²) in [6.07, 6.45) is 6.93. The van der Waals surface area contributed by atoms with Gasteiger partial charge in [-0.1, -0.05) is 29.8 Å². The predicted octanol–water partition coefficient (Wildman–Crippen LogP) is 3.63. The summed E-state index contributed by atoms with van der Waals surface area (Å²) in [6.45, 7) is 1.75. The van der Waals surface area contributed by atoms with Crippen molar-refractivity contribution in [3.63, 3.8) is 0 Å². The maximum atomic E-state index is 13.7. The third-order valence-corrected chi connectivity index (χ3v) is 3.57. The van der Waals surface area contributed by atoms with Gasteiger partial charge in [0, 0.05) is 6.04 Å². The summed E-state index contributed by atoms with van der Waals surface area (Å²) in [7, 11) is 0. The molecule has 0 bridgehead atoms. The molecular formula is C14H15ClFNO. The van der Waals surface area contributed by atoms with Crippen molar-refractivity contribution >= 4 is 17.5 Å². The summed E-state index contributed by atoms with van der Waals surface area (Å²) in [6, 6.07) is 2.81. The first kappa shape index (κ1) is 13.1. The molecule has 0 aliphatic heterocycles. The normalized spacial score (nSPS) is 18.7. The smallest absolute Gasteiger partial charge is 0.256 e. The van der Waals surface area contributed by atoms with Gasteiger partial charge in [0.1, 0.15) is 5.82 Å². The Balaban J connectivity index is 2.21. The van der Waals surface area contributed by atoms with E-state index in [-0.39, 0.29) is 16.6 Å². The molecule has 1 aliphatic carbocycles. The molecule has 1 atom stereocenters. The van der Waals surface area contributed by atoms with Crippen molar-refractivity contribution in [1.29, 1.82) is 0 Å². The van der Waals surface area contributed by atoms with E-state index < -0.39 is 11.7 Å². The fourth-order valence-corrected chi connectivity index (χ4v) is 2.28. The summed E-state index contributed by atoms with van der Waals surface area (Å²) in [5, 5.41) is 2.98. The average molecular weight is 268 g/mol. The Morgan fingerprint density at radius 2 is 2.28 bits per heavy atom. The minimum absolute atomic E-state index is 0.0257. The van der Waals surface area contributed by atoms with Gasteiger partial charge in [0.25, 0.3) is 5.91 Å². The van der Waals surface area contributed by atoms with E-state index in [1.807, 2.05) is 12.2 Å². The maximum absolute atomic E-state index is 13.7. The quantitative estimate of drug-likeness (QED) is 0.815. The Bertz CT molecular complexity index is 499. The molecule has 1 aromatic carbocycles. The van der Waals surface area contributed by atoms with Crippen LogP contribution in [-0.4, -0.2) is 11.9 Å². The zero-order valence-corrected chi connectivity index (χ0v) is 10.9. The van der Waals surface area contributed by atoms with Gasteiger partial charge >= 0.3 is 0 Å². The lowest BCUT2D eigenvalue weighted by Gasteiger charge is -2.18. The lowest BCUT2D eigenvalue weighted by molar-refractivity contribution is 0.0938. The molecule has 2 nitrogen and oxygen atoms in total. The second kappa shape index (κ2) is 5.53. The number of benzene rings is 1. The molecule has 1 aromatic rings. The van der Waals surface area contributed by atoms with Crippen LogP contribution in [0, 0.1) is 12.7 Å². The molecule has 0 saturated heterocycles. The third kappa shape index (κ3) is 2.72. The molecule has 4 heteroatoms. The Hall–Kier alpha value is -1.35. The number of aryl methyl sites for hydroxylation is 1. The molecule has 0 fully saturated rings. The molecule has 96 valence electrons. The monoisotopic (exact) mass is 267 g/mol. The van der Waals surface area contributed by atoms with Crippen molar-refractivity contribution < 1.29 is 9.18 Å². The number of amides is 1. The van der Waals surface area contributed by atoms with Crippen LogP contribution in [0.1, 0.15) is 35.2 Å². The second-order valence-corrected chi connectivity index (χ2v) is 4.87. The number of hydrogen-bond donors (Lipinski definition) is 1. The van der Waals surface area contributed by atoms with E-state index in [0.717, 1.165) is 19.3 Å². The largest absolute Gasteiger partial charge is 0.346 e. The van der Waals surface area contributed by atoms with Crippen molar-refractivity contribution in [2.75, 3.05) is 0 Å². The molecule has 1 aliphatic rings. The van der Waals surface area contributed by atoms with E-state index >= 15 is 0 Å². The zero-order chi connectivity index (χ0) is 13.1. The van der Waals surface area contributed by atoms with E-state index in [9.17, 15) is 9.18 Å². The Labute approximate surface area is 111 Å². The Kier molecular flexibility index (Phi) is 4.02. The zero-order valence-electron chi connectivity index (χ0n) is 10.2. The van der Waals surface area contributed by atoms with Gasteiger partial charge in [-0.05, 0) is 37.8 Å². The molecular weight excluding hydrogens is 253 g/mol. The first-order valence-electron chi connectivity index (χ1n) is 6.01. The first-order valence-corrected chi connectivity index (χ1v) is 6.39. The SMILES string of the molecule is Cc1ccc(F)c(C(=O)NC2C=CCCC2)c1Cl. The highest BCUT2D eigenvalue weighted by molar-refractivity contribution is 6.34. The lowest BCUT2D eigenvalue weighted by atomic mass is 10.0. The highest BCUT2D eigenvalue weighted by Crippen LogP contribution is 2.23. The standard InChI is InChI=1S/C14H15ClFNO/c1-9-7-8-11(16)12(13(9)15)14(18)17-10-5-3-2-4-6-10/h3,5,7-8,10H,2,4,6H2,1H3,(H,17,18). The maximum Gasteiger partial charge on any atom is 0.256 e. The average Bonchev–Trinajstić information content (AvgIpc) is 2.36. The van der Waals surface area contributed by atoms with Gasteiger partial charge < -0.3 is 5.32 Å². The van der Waals surface area contributed by atoms with Crippen LogP contribution in [0.3, 0.4) is 0 Å². The molecule has 1 N–H and O–H groups in total. The molecule has 1 amide bonds. The minimum atomic E-state index is -0.581. The van der Waals surface area contributed by atoms with Crippen LogP contribution in [0.2, 0.25) is 5.02 Å². The summed E-state index contributed by atoms with van der Waals surface area (Å²) in [5.74, 6) is -1.03. The van der Waals surface area contributed by atoms with E-state index in [1.54, 1.807) is 13.0 Å².